The van der Waals surface area contributed by atoms with E-state index in [1.807, 2.05) is 24.3 Å². The highest BCUT2D eigenvalue weighted by Crippen LogP contribution is 2.07. The van der Waals surface area contributed by atoms with Gasteiger partial charge in [0, 0.05) is 0 Å². The van der Waals surface area contributed by atoms with E-state index in [0.29, 0.717) is 12.7 Å². The molecule has 1 nitrogen and oxygen atoms in total. The SMILES string of the molecule is C=CCC[C@H](C)OCc1ccccc1. The molecule has 0 N–H and O–H groups in total. The van der Waals surface area contributed by atoms with Gasteiger partial charge in [-0.25, -0.2) is 0 Å². The molecule has 0 aliphatic carbocycles. The highest BCUT2D eigenvalue weighted by Gasteiger charge is 2.00. The fourth-order valence-corrected chi connectivity index (χ4v) is 1.25. The summed E-state index contributed by atoms with van der Waals surface area (Å²) in [5.41, 5.74) is 1.23. The van der Waals surface area contributed by atoms with E-state index in [1.165, 1.54) is 5.56 Å². The Balaban J connectivity index is 2.23. The minimum atomic E-state index is 0.313. The Bertz CT molecular complexity index is 253. The van der Waals surface area contributed by atoms with Gasteiger partial charge in [-0.05, 0) is 25.3 Å². The third-order valence-electron chi connectivity index (χ3n) is 2.15. The average Bonchev–Trinajstić information content (AvgIpc) is 2.25. The summed E-state index contributed by atoms with van der Waals surface area (Å²) < 4.78 is 5.68. The van der Waals surface area contributed by atoms with Crippen LogP contribution in [0.15, 0.2) is 43.0 Å². The number of benzene rings is 1. The van der Waals surface area contributed by atoms with E-state index in [1.54, 1.807) is 0 Å². The first-order chi connectivity index (χ1) is 6.83. The van der Waals surface area contributed by atoms with Gasteiger partial charge in [0.1, 0.15) is 0 Å². The molecule has 0 heterocycles. The lowest BCUT2D eigenvalue weighted by atomic mass is 10.2. The summed E-state index contributed by atoms with van der Waals surface area (Å²) in [6.07, 6.45) is 4.32. The van der Waals surface area contributed by atoms with Gasteiger partial charge in [0.25, 0.3) is 0 Å². The van der Waals surface area contributed by atoms with Crippen molar-refractivity contribution < 1.29 is 4.74 Å². The second-order valence-electron chi connectivity index (χ2n) is 3.47. The van der Waals surface area contributed by atoms with Crippen molar-refractivity contribution >= 4 is 0 Å². The zero-order valence-electron chi connectivity index (χ0n) is 8.78. The van der Waals surface area contributed by atoms with Crippen LogP contribution in [0.25, 0.3) is 0 Å². The Morgan fingerprint density at radius 3 is 2.71 bits per heavy atom. The summed E-state index contributed by atoms with van der Waals surface area (Å²) in [6.45, 7) is 6.51. The third-order valence-corrected chi connectivity index (χ3v) is 2.15. The van der Waals surface area contributed by atoms with Crippen molar-refractivity contribution in [2.24, 2.45) is 0 Å². The molecule has 0 unspecified atom stereocenters. The van der Waals surface area contributed by atoms with Crippen molar-refractivity contribution in [1.29, 1.82) is 0 Å². The molecule has 0 aliphatic heterocycles. The van der Waals surface area contributed by atoms with E-state index >= 15 is 0 Å². The zero-order chi connectivity index (χ0) is 10.2. The van der Waals surface area contributed by atoms with Gasteiger partial charge < -0.3 is 4.74 Å². The lowest BCUT2D eigenvalue weighted by Crippen LogP contribution is -2.07. The summed E-state index contributed by atoms with van der Waals surface area (Å²) in [5, 5.41) is 0. The molecule has 1 heteroatoms. The predicted molar refractivity (Wildman–Crippen MR) is 60.1 cm³/mol. The van der Waals surface area contributed by atoms with Crippen molar-refractivity contribution in [3.05, 3.63) is 48.6 Å². The first kappa shape index (κ1) is 11.0. The van der Waals surface area contributed by atoms with Crippen LogP contribution in [-0.4, -0.2) is 6.10 Å². The predicted octanol–water partition coefficient (Wildman–Crippen LogP) is 3.56. The fourth-order valence-electron chi connectivity index (χ4n) is 1.25. The largest absolute Gasteiger partial charge is 0.374 e. The molecule has 0 spiro atoms. The van der Waals surface area contributed by atoms with Crippen molar-refractivity contribution in [3.63, 3.8) is 0 Å². The zero-order valence-corrected chi connectivity index (χ0v) is 8.78. The Morgan fingerprint density at radius 2 is 2.07 bits per heavy atom. The van der Waals surface area contributed by atoms with Crippen LogP contribution in [0.4, 0.5) is 0 Å². The van der Waals surface area contributed by atoms with Crippen LogP contribution in [0.2, 0.25) is 0 Å². The Labute approximate surface area is 86.4 Å². The minimum absolute atomic E-state index is 0.313. The topological polar surface area (TPSA) is 9.23 Å². The molecule has 1 rings (SSSR count). The monoisotopic (exact) mass is 190 g/mol. The molecule has 0 bridgehead atoms. The molecule has 1 atom stereocenters. The van der Waals surface area contributed by atoms with Crippen molar-refractivity contribution in [2.45, 2.75) is 32.5 Å². The van der Waals surface area contributed by atoms with Crippen molar-refractivity contribution in [2.75, 3.05) is 0 Å². The minimum Gasteiger partial charge on any atom is -0.374 e. The normalized spacial score (nSPS) is 12.4. The lowest BCUT2D eigenvalue weighted by Gasteiger charge is -2.11. The molecular weight excluding hydrogens is 172 g/mol. The van der Waals surface area contributed by atoms with Gasteiger partial charge in [-0.1, -0.05) is 36.4 Å². The molecule has 0 saturated carbocycles. The van der Waals surface area contributed by atoms with Crippen LogP contribution in [0.3, 0.4) is 0 Å². The molecule has 14 heavy (non-hydrogen) atoms. The molecule has 1 aromatic carbocycles. The Hall–Kier alpha value is -1.08. The van der Waals surface area contributed by atoms with Crippen LogP contribution < -0.4 is 0 Å². The van der Waals surface area contributed by atoms with Crippen LogP contribution in [0.5, 0.6) is 0 Å². The molecule has 0 saturated heterocycles. The molecule has 0 radical (unpaired) electrons. The molecule has 0 aromatic heterocycles. The highest BCUT2D eigenvalue weighted by molar-refractivity contribution is 5.13. The van der Waals surface area contributed by atoms with Gasteiger partial charge >= 0.3 is 0 Å². The van der Waals surface area contributed by atoms with E-state index in [4.69, 9.17) is 4.74 Å². The molecule has 76 valence electrons. The summed E-state index contributed by atoms with van der Waals surface area (Å²) >= 11 is 0. The summed E-state index contributed by atoms with van der Waals surface area (Å²) in [4.78, 5) is 0. The number of ether oxygens (including phenoxy) is 1. The van der Waals surface area contributed by atoms with E-state index in [9.17, 15) is 0 Å². The van der Waals surface area contributed by atoms with Gasteiger partial charge in [-0.2, -0.15) is 0 Å². The maximum atomic E-state index is 5.68. The van der Waals surface area contributed by atoms with Crippen LogP contribution in [0.1, 0.15) is 25.3 Å². The second kappa shape index (κ2) is 6.39. The number of hydrogen-bond acceptors (Lipinski definition) is 1. The van der Waals surface area contributed by atoms with Crippen LogP contribution >= 0.6 is 0 Å². The summed E-state index contributed by atoms with van der Waals surface area (Å²) in [6, 6.07) is 10.3. The van der Waals surface area contributed by atoms with Gasteiger partial charge in [0.05, 0.1) is 12.7 Å². The Morgan fingerprint density at radius 1 is 1.36 bits per heavy atom. The first-order valence-electron chi connectivity index (χ1n) is 5.09. The quantitative estimate of drug-likeness (QED) is 0.623. The van der Waals surface area contributed by atoms with E-state index in [0.717, 1.165) is 12.8 Å². The summed E-state index contributed by atoms with van der Waals surface area (Å²) in [5.74, 6) is 0. The molecular formula is C13H18O. The number of hydrogen-bond donors (Lipinski definition) is 0. The smallest absolute Gasteiger partial charge is 0.0720 e. The highest BCUT2D eigenvalue weighted by atomic mass is 16.5. The maximum Gasteiger partial charge on any atom is 0.0720 e. The third kappa shape index (κ3) is 4.24. The molecule has 1 aromatic rings. The lowest BCUT2D eigenvalue weighted by molar-refractivity contribution is 0.0483. The van der Waals surface area contributed by atoms with Crippen molar-refractivity contribution in [1.82, 2.24) is 0 Å². The van der Waals surface area contributed by atoms with E-state index < -0.39 is 0 Å². The second-order valence-corrected chi connectivity index (χ2v) is 3.47. The van der Waals surface area contributed by atoms with Crippen molar-refractivity contribution in [3.8, 4) is 0 Å². The van der Waals surface area contributed by atoms with Gasteiger partial charge in [-0.3, -0.25) is 0 Å². The first-order valence-corrected chi connectivity index (χ1v) is 5.09. The standard InChI is InChI=1S/C13H18O/c1-3-4-8-12(2)14-11-13-9-6-5-7-10-13/h3,5-7,9-10,12H,1,4,8,11H2,2H3/t12-/m0/s1. The van der Waals surface area contributed by atoms with Gasteiger partial charge in [0.15, 0.2) is 0 Å². The van der Waals surface area contributed by atoms with Crippen LogP contribution in [0, 0.1) is 0 Å². The summed E-state index contributed by atoms with van der Waals surface area (Å²) in [7, 11) is 0. The average molecular weight is 190 g/mol. The van der Waals surface area contributed by atoms with Crippen LogP contribution in [-0.2, 0) is 11.3 Å². The number of allylic oxidation sites excluding steroid dienone is 1. The molecule has 0 aliphatic rings. The van der Waals surface area contributed by atoms with E-state index in [2.05, 4.69) is 25.6 Å². The van der Waals surface area contributed by atoms with E-state index in [-0.39, 0.29) is 0 Å². The van der Waals surface area contributed by atoms with Gasteiger partial charge in [-0.15, -0.1) is 6.58 Å². The number of rotatable bonds is 6. The Kier molecular flexibility index (Phi) is 5.02. The molecule has 0 fully saturated rings. The maximum absolute atomic E-state index is 5.68. The van der Waals surface area contributed by atoms with Gasteiger partial charge in [0.2, 0.25) is 0 Å². The molecule has 0 amide bonds. The fraction of sp³-hybridized carbons (Fsp3) is 0.385.